The zero-order valence-corrected chi connectivity index (χ0v) is 13.5. The fraction of sp³-hybridized carbons (Fsp3) is 0.471. The Labute approximate surface area is 130 Å². The van der Waals surface area contributed by atoms with Gasteiger partial charge in [0.05, 0.1) is 23.9 Å². The highest BCUT2D eigenvalue weighted by Crippen LogP contribution is 2.34. The summed E-state index contributed by atoms with van der Waals surface area (Å²) in [7, 11) is 1.71. The third-order valence-electron chi connectivity index (χ3n) is 3.94. The summed E-state index contributed by atoms with van der Waals surface area (Å²) in [4.78, 5) is 6.39. The number of methoxy groups -OCH3 is 1. The molecule has 0 aliphatic heterocycles. The molecule has 2 aromatic rings. The molecule has 0 radical (unpaired) electrons. The van der Waals surface area contributed by atoms with E-state index in [1.54, 1.807) is 7.11 Å². The second-order valence-corrected chi connectivity index (χ2v) is 6.61. The zero-order valence-electron chi connectivity index (χ0n) is 12.7. The highest BCUT2D eigenvalue weighted by Gasteiger charge is 2.23. The molecule has 0 bridgehead atoms. The van der Waals surface area contributed by atoms with Crippen molar-refractivity contribution in [2.75, 3.05) is 13.7 Å². The number of hydrogen-bond acceptors (Lipinski definition) is 4. The Kier molecular flexibility index (Phi) is 4.56. The summed E-state index contributed by atoms with van der Waals surface area (Å²) in [6, 6.07) is 8.72. The minimum Gasteiger partial charge on any atom is -0.497 e. The van der Waals surface area contributed by atoms with Crippen LogP contribution in [0.25, 0.3) is 0 Å². The first-order valence-electron chi connectivity index (χ1n) is 7.65. The van der Waals surface area contributed by atoms with Crippen LogP contribution in [0.2, 0.25) is 0 Å². The number of hydrogen-bond donors (Lipinski definition) is 1. The number of aryl methyl sites for hydroxylation is 1. The molecule has 1 N–H and O–H groups in total. The van der Waals surface area contributed by atoms with Crippen LogP contribution in [0.3, 0.4) is 0 Å². The number of nitrogens with one attached hydrogen (secondary N) is 1. The van der Waals surface area contributed by atoms with Gasteiger partial charge in [0, 0.05) is 11.3 Å². The Bertz CT molecular complexity index is 609. The third kappa shape index (κ3) is 3.27. The fourth-order valence-electron chi connectivity index (χ4n) is 2.95. The minimum absolute atomic E-state index is 0.453. The van der Waals surface area contributed by atoms with Crippen molar-refractivity contribution in [3.8, 4) is 5.75 Å². The van der Waals surface area contributed by atoms with Gasteiger partial charge in [-0.05, 0) is 43.5 Å². The van der Waals surface area contributed by atoms with Crippen molar-refractivity contribution in [1.82, 2.24) is 10.3 Å². The number of fused-ring (bicyclic) bond motifs is 1. The van der Waals surface area contributed by atoms with Crippen molar-refractivity contribution in [2.45, 2.75) is 38.6 Å². The molecule has 0 saturated carbocycles. The van der Waals surface area contributed by atoms with Crippen molar-refractivity contribution >= 4 is 11.3 Å². The first kappa shape index (κ1) is 14.5. The molecular formula is C17H22N2OS. The van der Waals surface area contributed by atoms with E-state index >= 15 is 0 Å². The van der Waals surface area contributed by atoms with Gasteiger partial charge in [-0.25, -0.2) is 4.98 Å². The summed E-state index contributed by atoms with van der Waals surface area (Å²) in [5, 5.41) is 4.78. The molecule has 0 fully saturated rings. The molecule has 3 nitrogen and oxygen atoms in total. The lowest BCUT2D eigenvalue weighted by molar-refractivity contribution is 0.414. The Balaban J connectivity index is 1.80. The van der Waals surface area contributed by atoms with Gasteiger partial charge in [-0.15, -0.1) is 11.3 Å². The van der Waals surface area contributed by atoms with Crippen molar-refractivity contribution < 1.29 is 4.74 Å². The predicted molar refractivity (Wildman–Crippen MR) is 87.3 cm³/mol. The van der Waals surface area contributed by atoms with E-state index in [1.807, 2.05) is 23.5 Å². The maximum atomic E-state index is 5.30. The lowest BCUT2D eigenvalue weighted by atomic mass is 9.98. The van der Waals surface area contributed by atoms with E-state index in [1.165, 1.54) is 40.4 Å². The summed E-state index contributed by atoms with van der Waals surface area (Å²) in [6.07, 6.45) is 4.56. The van der Waals surface area contributed by atoms with E-state index in [2.05, 4.69) is 24.4 Å². The van der Waals surface area contributed by atoms with Crippen molar-refractivity contribution in [2.24, 2.45) is 0 Å². The molecule has 1 unspecified atom stereocenters. The Morgan fingerprint density at radius 1 is 1.43 bits per heavy atom. The van der Waals surface area contributed by atoms with Crippen LogP contribution < -0.4 is 10.1 Å². The number of ether oxygens (including phenoxy) is 1. The molecule has 4 heteroatoms. The number of rotatable bonds is 5. The summed E-state index contributed by atoms with van der Waals surface area (Å²) in [6.45, 7) is 3.17. The largest absolute Gasteiger partial charge is 0.497 e. The molecule has 1 aliphatic rings. The van der Waals surface area contributed by atoms with Crippen LogP contribution in [-0.2, 0) is 12.8 Å². The molecule has 1 aliphatic carbocycles. The van der Waals surface area contributed by atoms with E-state index in [9.17, 15) is 0 Å². The lowest BCUT2D eigenvalue weighted by Crippen LogP contribution is -2.24. The van der Waals surface area contributed by atoms with E-state index in [-0.39, 0.29) is 0 Å². The molecule has 1 aromatic heterocycles. The van der Waals surface area contributed by atoms with Crippen molar-refractivity contribution in [3.63, 3.8) is 0 Å². The second kappa shape index (κ2) is 6.58. The molecule has 21 heavy (non-hydrogen) atoms. The number of nitrogens with zero attached hydrogens (tertiary/aromatic N) is 1. The average molecular weight is 302 g/mol. The Morgan fingerprint density at radius 2 is 2.33 bits per heavy atom. The maximum Gasteiger partial charge on any atom is 0.119 e. The summed E-state index contributed by atoms with van der Waals surface area (Å²) in [5.74, 6) is 0.916. The van der Waals surface area contributed by atoms with Crippen LogP contribution in [0.5, 0.6) is 5.75 Å². The highest BCUT2D eigenvalue weighted by molar-refractivity contribution is 7.11. The maximum absolute atomic E-state index is 5.30. The molecular weight excluding hydrogens is 280 g/mol. The monoisotopic (exact) mass is 302 g/mol. The van der Waals surface area contributed by atoms with Gasteiger partial charge in [0.2, 0.25) is 0 Å². The molecule has 112 valence electrons. The van der Waals surface area contributed by atoms with Gasteiger partial charge in [0.15, 0.2) is 0 Å². The minimum atomic E-state index is 0.453. The molecule has 1 heterocycles. The van der Waals surface area contributed by atoms with Gasteiger partial charge in [-0.2, -0.15) is 0 Å². The van der Waals surface area contributed by atoms with E-state index in [4.69, 9.17) is 9.72 Å². The third-order valence-corrected chi connectivity index (χ3v) is 5.07. The first-order valence-corrected chi connectivity index (χ1v) is 8.46. The first-order chi connectivity index (χ1) is 10.3. The van der Waals surface area contributed by atoms with Crippen LogP contribution in [-0.4, -0.2) is 18.6 Å². The van der Waals surface area contributed by atoms with Crippen LogP contribution in [0.15, 0.2) is 24.3 Å². The highest BCUT2D eigenvalue weighted by atomic mass is 32.1. The van der Waals surface area contributed by atoms with Crippen LogP contribution in [0.4, 0.5) is 0 Å². The molecule has 0 saturated heterocycles. The van der Waals surface area contributed by atoms with Gasteiger partial charge < -0.3 is 10.1 Å². The summed E-state index contributed by atoms with van der Waals surface area (Å²) in [5.41, 5.74) is 2.56. The predicted octanol–water partition coefficient (Wildman–Crippen LogP) is 3.73. The zero-order chi connectivity index (χ0) is 14.7. The van der Waals surface area contributed by atoms with E-state index in [0.29, 0.717) is 6.04 Å². The normalized spacial score (nSPS) is 17.5. The second-order valence-electron chi connectivity index (χ2n) is 5.45. The van der Waals surface area contributed by atoms with E-state index in [0.717, 1.165) is 18.7 Å². The van der Waals surface area contributed by atoms with Gasteiger partial charge >= 0.3 is 0 Å². The van der Waals surface area contributed by atoms with E-state index < -0.39 is 0 Å². The summed E-state index contributed by atoms with van der Waals surface area (Å²) < 4.78 is 5.30. The van der Waals surface area contributed by atoms with Gasteiger partial charge in [-0.1, -0.05) is 19.1 Å². The summed E-state index contributed by atoms with van der Waals surface area (Å²) >= 11 is 1.88. The molecule has 0 spiro atoms. The molecule has 3 rings (SSSR count). The quantitative estimate of drug-likeness (QED) is 0.914. The van der Waals surface area contributed by atoms with Crippen LogP contribution >= 0.6 is 11.3 Å². The fourth-order valence-corrected chi connectivity index (χ4v) is 4.15. The molecule has 0 amide bonds. The van der Waals surface area contributed by atoms with Crippen LogP contribution in [0.1, 0.15) is 46.9 Å². The smallest absolute Gasteiger partial charge is 0.119 e. The number of benzene rings is 1. The van der Waals surface area contributed by atoms with Gasteiger partial charge in [0.25, 0.3) is 0 Å². The number of aromatic nitrogens is 1. The Morgan fingerprint density at radius 3 is 3.14 bits per heavy atom. The van der Waals surface area contributed by atoms with Crippen molar-refractivity contribution in [1.29, 1.82) is 0 Å². The standard InChI is InChI=1S/C17H22N2OS/c1-3-18-14-8-5-9-15-17(14)19-16(21-15)11-12-6-4-7-13(10-12)20-2/h4,6-7,10,14,18H,3,5,8-9,11H2,1-2H3. The SMILES string of the molecule is CCNC1CCCc2sc(Cc3cccc(OC)c3)nc21. The molecule has 1 aromatic carbocycles. The lowest BCUT2D eigenvalue weighted by Gasteiger charge is -2.21. The molecule has 1 atom stereocenters. The van der Waals surface area contributed by atoms with Crippen LogP contribution in [0, 0.1) is 0 Å². The van der Waals surface area contributed by atoms with Gasteiger partial charge in [-0.3, -0.25) is 0 Å². The Hall–Kier alpha value is -1.39. The number of thiazole rings is 1. The van der Waals surface area contributed by atoms with Gasteiger partial charge in [0.1, 0.15) is 5.75 Å². The topological polar surface area (TPSA) is 34.1 Å². The van der Waals surface area contributed by atoms with Crippen molar-refractivity contribution in [3.05, 3.63) is 45.4 Å². The average Bonchev–Trinajstić information content (AvgIpc) is 2.91.